The molecule has 0 fully saturated rings. The number of ether oxygens (including phenoxy) is 1. The van der Waals surface area contributed by atoms with Crippen LogP contribution in [0.15, 0.2) is 36.0 Å². The topological polar surface area (TPSA) is 86.9 Å². The molecule has 0 aliphatic rings. The van der Waals surface area contributed by atoms with E-state index in [2.05, 4.69) is 20.5 Å². The molecule has 8 nitrogen and oxygen atoms in total. The lowest BCUT2D eigenvalue weighted by Gasteiger charge is -2.06. The molecule has 1 amide bonds. The summed E-state index contributed by atoms with van der Waals surface area (Å²) in [7, 11) is 3.54. The van der Waals surface area contributed by atoms with E-state index >= 15 is 0 Å². The molecule has 0 saturated carbocycles. The van der Waals surface area contributed by atoms with Gasteiger partial charge in [0, 0.05) is 31.7 Å². The van der Waals surface area contributed by atoms with Crippen molar-refractivity contribution in [2.75, 3.05) is 5.32 Å². The zero-order valence-electron chi connectivity index (χ0n) is 15.1. The van der Waals surface area contributed by atoms with Crippen LogP contribution < -0.4 is 10.1 Å². The number of amides is 1. The molecule has 27 heavy (non-hydrogen) atoms. The lowest BCUT2D eigenvalue weighted by molar-refractivity contribution is 0.101. The van der Waals surface area contributed by atoms with Crippen molar-refractivity contribution in [3.63, 3.8) is 0 Å². The molecule has 0 unspecified atom stereocenters. The molecule has 0 spiro atoms. The summed E-state index contributed by atoms with van der Waals surface area (Å²) >= 11 is 1.56. The van der Waals surface area contributed by atoms with Gasteiger partial charge in [-0.3, -0.25) is 14.2 Å². The Bertz CT molecular complexity index is 1130. The second-order valence-electron chi connectivity index (χ2n) is 6.13. The van der Waals surface area contributed by atoms with Crippen molar-refractivity contribution in [3.05, 3.63) is 52.2 Å². The lowest BCUT2D eigenvalue weighted by Crippen LogP contribution is -2.16. The van der Waals surface area contributed by atoms with E-state index in [1.807, 2.05) is 25.1 Å². The van der Waals surface area contributed by atoms with E-state index in [-0.39, 0.29) is 5.91 Å². The maximum absolute atomic E-state index is 12.8. The summed E-state index contributed by atoms with van der Waals surface area (Å²) in [6.07, 6.45) is 1.77. The van der Waals surface area contributed by atoms with Crippen LogP contribution in [0, 0.1) is 6.92 Å². The van der Waals surface area contributed by atoms with Gasteiger partial charge in [0.05, 0.1) is 21.6 Å². The Hall–Kier alpha value is -3.20. The summed E-state index contributed by atoms with van der Waals surface area (Å²) in [5, 5.41) is 12.1. The number of rotatable bonds is 5. The number of carbonyl (C=O) groups is 1. The first-order valence-electron chi connectivity index (χ1n) is 8.31. The molecule has 0 atom stereocenters. The number of hydrogen-bond donors (Lipinski definition) is 1. The van der Waals surface area contributed by atoms with E-state index in [9.17, 15) is 4.79 Å². The molecular weight excluding hydrogens is 364 g/mol. The molecule has 3 heterocycles. The molecule has 0 aliphatic heterocycles. The predicted molar refractivity (Wildman–Crippen MR) is 103 cm³/mol. The summed E-state index contributed by atoms with van der Waals surface area (Å²) in [6, 6.07) is 7.28. The van der Waals surface area contributed by atoms with E-state index in [0.29, 0.717) is 23.9 Å². The SMILES string of the molecule is Cc1ncsc1COc1ccc2nn(C)c(C(=O)Nc3ccn(C)n3)c2c1. The molecule has 0 aliphatic carbocycles. The predicted octanol–water partition coefficient (Wildman–Crippen LogP) is 2.90. The fourth-order valence-electron chi connectivity index (χ4n) is 2.81. The van der Waals surface area contributed by atoms with Gasteiger partial charge in [0.2, 0.25) is 0 Å². The summed E-state index contributed by atoms with van der Waals surface area (Å²) in [4.78, 5) is 18.1. The Morgan fingerprint density at radius 1 is 1.26 bits per heavy atom. The van der Waals surface area contributed by atoms with Crippen molar-refractivity contribution in [1.29, 1.82) is 0 Å². The van der Waals surface area contributed by atoms with Crippen LogP contribution in [0.25, 0.3) is 10.9 Å². The molecule has 4 rings (SSSR count). The third kappa shape index (κ3) is 3.41. The van der Waals surface area contributed by atoms with Gasteiger partial charge in [-0.05, 0) is 25.1 Å². The van der Waals surface area contributed by atoms with Crippen LogP contribution in [0.2, 0.25) is 0 Å². The van der Waals surface area contributed by atoms with E-state index in [0.717, 1.165) is 21.5 Å². The van der Waals surface area contributed by atoms with Crippen molar-refractivity contribution in [1.82, 2.24) is 24.5 Å². The van der Waals surface area contributed by atoms with Crippen LogP contribution >= 0.6 is 11.3 Å². The summed E-state index contributed by atoms with van der Waals surface area (Å²) in [5.41, 5.74) is 3.95. The summed E-state index contributed by atoms with van der Waals surface area (Å²) < 4.78 is 9.09. The number of thiazole rings is 1. The fraction of sp³-hybridized carbons (Fsp3) is 0.222. The van der Waals surface area contributed by atoms with Crippen LogP contribution in [0.1, 0.15) is 21.1 Å². The number of anilines is 1. The van der Waals surface area contributed by atoms with Crippen LogP contribution in [0.3, 0.4) is 0 Å². The minimum atomic E-state index is -0.269. The molecule has 0 bridgehead atoms. The molecule has 0 saturated heterocycles. The van der Waals surface area contributed by atoms with Crippen LogP contribution in [0.4, 0.5) is 5.82 Å². The van der Waals surface area contributed by atoms with Gasteiger partial charge in [-0.1, -0.05) is 0 Å². The molecule has 1 aromatic carbocycles. The zero-order chi connectivity index (χ0) is 19.0. The number of carbonyl (C=O) groups excluding carboxylic acids is 1. The largest absolute Gasteiger partial charge is 0.488 e. The molecule has 138 valence electrons. The van der Waals surface area contributed by atoms with Gasteiger partial charge in [0.15, 0.2) is 5.82 Å². The van der Waals surface area contributed by atoms with E-state index in [4.69, 9.17) is 4.74 Å². The third-order valence-corrected chi connectivity index (χ3v) is 5.10. The molecule has 1 N–H and O–H groups in total. The highest BCUT2D eigenvalue weighted by Crippen LogP contribution is 2.25. The second-order valence-corrected chi connectivity index (χ2v) is 7.07. The Morgan fingerprint density at radius 3 is 2.81 bits per heavy atom. The lowest BCUT2D eigenvalue weighted by atomic mass is 10.2. The highest BCUT2D eigenvalue weighted by molar-refractivity contribution is 7.09. The Morgan fingerprint density at radius 2 is 2.11 bits per heavy atom. The van der Waals surface area contributed by atoms with Crippen LogP contribution in [-0.4, -0.2) is 30.5 Å². The Balaban J connectivity index is 1.61. The molecule has 3 aromatic heterocycles. The quantitative estimate of drug-likeness (QED) is 0.573. The average molecular weight is 382 g/mol. The van der Waals surface area contributed by atoms with E-state index < -0.39 is 0 Å². The van der Waals surface area contributed by atoms with Crippen molar-refractivity contribution in [2.45, 2.75) is 13.5 Å². The highest BCUT2D eigenvalue weighted by atomic mass is 32.1. The van der Waals surface area contributed by atoms with Gasteiger partial charge in [-0.2, -0.15) is 10.2 Å². The highest BCUT2D eigenvalue weighted by Gasteiger charge is 2.18. The smallest absolute Gasteiger partial charge is 0.275 e. The van der Waals surface area contributed by atoms with Crippen LogP contribution in [0.5, 0.6) is 5.75 Å². The number of benzene rings is 1. The Labute approximate surface area is 159 Å². The van der Waals surface area contributed by atoms with E-state index in [1.54, 1.807) is 52.6 Å². The normalized spacial score (nSPS) is 11.1. The van der Waals surface area contributed by atoms with Gasteiger partial charge in [-0.15, -0.1) is 11.3 Å². The van der Waals surface area contributed by atoms with Crippen LogP contribution in [-0.2, 0) is 20.7 Å². The summed E-state index contributed by atoms with van der Waals surface area (Å²) in [6.45, 7) is 2.40. The first-order chi connectivity index (χ1) is 13.0. The summed E-state index contributed by atoms with van der Waals surface area (Å²) in [5.74, 6) is 0.897. The molecule has 4 aromatic rings. The maximum Gasteiger partial charge on any atom is 0.275 e. The molecule has 9 heteroatoms. The minimum Gasteiger partial charge on any atom is -0.488 e. The number of aryl methyl sites for hydroxylation is 3. The van der Waals surface area contributed by atoms with E-state index in [1.165, 1.54) is 0 Å². The monoisotopic (exact) mass is 382 g/mol. The minimum absolute atomic E-state index is 0.269. The number of nitrogens with zero attached hydrogens (tertiary/aromatic N) is 5. The van der Waals surface area contributed by atoms with Crippen molar-refractivity contribution in [2.24, 2.45) is 14.1 Å². The van der Waals surface area contributed by atoms with Gasteiger partial charge in [0.25, 0.3) is 5.91 Å². The van der Waals surface area contributed by atoms with Crippen molar-refractivity contribution in [3.8, 4) is 5.75 Å². The van der Waals surface area contributed by atoms with Crippen molar-refractivity contribution < 1.29 is 9.53 Å². The molecular formula is C18H18N6O2S. The fourth-order valence-corrected chi connectivity index (χ4v) is 3.50. The number of aromatic nitrogens is 5. The Kier molecular flexibility index (Phi) is 4.36. The maximum atomic E-state index is 12.8. The van der Waals surface area contributed by atoms with Crippen molar-refractivity contribution >= 4 is 34.0 Å². The van der Waals surface area contributed by atoms with Gasteiger partial charge in [0.1, 0.15) is 18.1 Å². The average Bonchev–Trinajstić information content (AvgIpc) is 3.31. The first-order valence-corrected chi connectivity index (χ1v) is 9.19. The first kappa shape index (κ1) is 17.2. The second kappa shape index (κ2) is 6.84. The number of fused-ring (bicyclic) bond motifs is 1. The van der Waals surface area contributed by atoms with Gasteiger partial charge >= 0.3 is 0 Å². The zero-order valence-corrected chi connectivity index (χ0v) is 15.9. The van der Waals surface area contributed by atoms with Gasteiger partial charge < -0.3 is 10.1 Å². The standard InChI is InChI=1S/C18H18N6O2S/c1-11-15(27-10-19-11)9-26-12-4-5-14-13(8-12)17(24(3)21-14)18(25)20-16-6-7-23(2)22-16/h4-8,10H,9H2,1-3H3,(H,20,22,25). The molecule has 0 radical (unpaired) electrons. The number of nitrogens with one attached hydrogen (secondary N) is 1. The number of hydrogen-bond acceptors (Lipinski definition) is 6. The third-order valence-electron chi connectivity index (χ3n) is 4.19. The van der Waals surface area contributed by atoms with Gasteiger partial charge in [-0.25, -0.2) is 4.98 Å².